The zero-order chi connectivity index (χ0) is 20.9. The fraction of sp³-hybridized carbons (Fsp3) is 0.292. The number of hydrogen-bond donors (Lipinski definition) is 0. The first-order valence-corrected chi connectivity index (χ1v) is 10.2. The monoisotopic (exact) mass is 403 g/mol. The second-order valence-electron chi connectivity index (χ2n) is 7.52. The molecule has 3 aromatic rings. The normalized spacial score (nSPS) is 16.1. The summed E-state index contributed by atoms with van der Waals surface area (Å²) in [5, 5.41) is 0. The Morgan fingerprint density at radius 2 is 2.03 bits per heavy atom. The van der Waals surface area contributed by atoms with Gasteiger partial charge in [-0.25, -0.2) is 0 Å². The number of aromatic nitrogens is 1. The molecular formula is C24H25N3O3. The first-order valence-electron chi connectivity index (χ1n) is 10.2. The van der Waals surface area contributed by atoms with Gasteiger partial charge in [-0.3, -0.25) is 14.6 Å². The number of para-hydroxylation sites is 1. The minimum Gasteiger partial charge on any atom is -0.467 e. The van der Waals surface area contributed by atoms with Gasteiger partial charge in [-0.1, -0.05) is 31.2 Å². The number of nitrogens with zero attached hydrogens (tertiary/aromatic N) is 3. The molecule has 1 aliphatic heterocycles. The van der Waals surface area contributed by atoms with E-state index in [4.69, 9.17) is 4.42 Å². The number of aryl methyl sites for hydroxylation is 1. The summed E-state index contributed by atoms with van der Waals surface area (Å²) < 4.78 is 5.47. The summed E-state index contributed by atoms with van der Waals surface area (Å²) in [5.74, 6) is 0.285. The Bertz CT molecular complexity index is 1000. The number of furan rings is 1. The van der Waals surface area contributed by atoms with E-state index in [1.807, 2.05) is 48.5 Å². The molecule has 1 aliphatic rings. The Morgan fingerprint density at radius 1 is 1.17 bits per heavy atom. The van der Waals surface area contributed by atoms with Crippen molar-refractivity contribution in [2.45, 2.75) is 32.9 Å². The van der Waals surface area contributed by atoms with E-state index in [0.717, 1.165) is 23.2 Å². The predicted molar refractivity (Wildman–Crippen MR) is 113 cm³/mol. The lowest BCUT2D eigenvalue weighted by Crippen LogP contribution is -2.36. The molecule has 0 aliphatic carbocycles. The maximum atomic E-state index is 13.4. The van der Waals surface area contributed by atoms with Gasteiger partial charge < -0.3 is 14.2 Å². The maximum absolute atomic E-state index is 13.4. The van der Waals surface area contributed by atoms with E-state index >= 15 is 0 Å². The molecule has 1 saturated heterocycles. The highest BCUT2D eigenvalue weighted by Crippen LogP contribution is 2.30. The van der Waals surface area contributed by atoms with Crippen LogP contribution in [0.5, 0.6) is 0 Å². The summed E-state index contributed by atoms with van der Waals surface area (Å²) in [7, 11) is 0. The van der Waals surface area contributed by atoms with Gasteiger partial charge in [0, 0.05) is 37.6 Å². The molecule has 3 heterocycles. The first-order chi connectivity index (χ1) is 14.7. The van der Waals surface area contributed by atoms with E-state index in [0.29, 0.717) is 25.4 Å². The van der Waals surface area contributed by atoms with Gasteiger partial charge in [0.15, 0.2) is 0 Å². The van der Waals surface area contributed by atoms with E-state index in [9.17, 15) is 9.59 Å². The molecule has 4 rings (SSSR count). The maximum Gasteiger partial charge on any atom is 0.228 e. The molecule has 6 heteroatoms. The highest BCUT2D eigenvalue weighted by atomic mass is 16.3. The van der Waals surface area contributed by atoms with Gasteiger partial charge in [-0.2, -0.15) is 0 Å². The van der Waals surface area contributed by atoms with Crippen molar-refractivity contribution in [3.63, 3.8) is 0 Å². The van der Waals surface area contributed by atoms with Crippen LogP contribution in [0.3, 0.4) is 0 Å². The van der Waals surface area contributed by atoms with Gasteiger partial charge in [0.25, 0.3) is 0 Å². The highest BCUT2D eigenvalue weighted by molar-refractivity contribution is 6.00. The molecule has 1 unspecified atom stereocenters. The fourth-order valence-corrected chi connectivity index (χ4v) is 3.95. The predicted octanol–water partition coefficient (Wildman–Crippen LogP) is 3.82. The minimum absolute atomic E-state index is 0.00595. The Hall–Kier alpha value is -3.41. The van der Waals surface area contributed by atoms with Crippen LogP contribution in [0, 0.1) is 5.92 Å². The summed E-state index contributed by atoms with van der Waals surface area (Å²) in [6.07, 6.45) is 6.13. The lowest BCUT2D eigenvalue weighted by Gasteiger charge is -2.25. The molecule has 6 nitrogen and oxygen atoms in total. The third kappa shape index (κ3) is 4.27. The Kier molecular flexibility index (Phi) is 5.93. The summed E-state index contributed by atoms with van der Waals surface area (Å²) in [6, 6.07) is 15.4. The third-order valence-electron chi connectivity index (χ3n) is 5.47. The second-order valence-corrected chi connectivity index (χ2v) is 7.52. The number of rotatable bonds is 7. The number of anilines is 1. The molecule has 0 spiro atoms. The van der Waals surface area contributed by atoms with E-state index in [1.54, 1.807) is 28.5 Å². The SMILES string of the molecule is CCc1ccccc1N1CC(C(=O)N(Cc2cccnc2)Cc2ccco2)CC1=O. The summed E-state index contributed by atoms with van der Waals surface area (Å²) in [4.78, 5) is 33.9. The number of hydrogen-bond acceptors (Lipinski definition) is 4. The third-order valence-corrected chi connectivity index (χ3v) is 5.47. The number of carbonyl (C=O) groups excluding carboxylic acids is 2. The fourth-order valence-electron chi connectivity index (χ4n) is 3.95. The molecule has 0 bridgehead atoms. The molecule has 1 atom stereocenters. The van der Waals surface area contributed by atoms with Crippen molar-refractivity contribution in [2.75, 3.05) is 11.4 Å². The lowest BCUT2D eigenvalue weighted by atomic mass is 10.1. The van der Waals surface area contributed by atoms with Crippen LogP contribution in [0.25, 0.3) is 0 Å². The topological polar surface area (TPSA) is 66.7 Å². The van der Waals surface area contributed by atoms with Crippen LogP contribution in [0.4, 0.5) is 5.69 Å². The van der Waals surface area contributed by atoms with Gasteiger partial charge in [0.05, 0.1) is 18.7 Å². The average molecular weight is 403 g/mol. The minimum atomic E-state index is -0.381. The van der Waals surface area contributed by atoms with Gasteiger partial charge in [0.2, 0.25) is 11.8 Å². The average Bonchev–Trinajstić information content (AvgIpc) is 3.43. The van der Waals surface area contributed by atoms with Gasteiger partial charge in [-0.05, 0) is 41.8 Å². The van der Waals surface area contributed by atoms with Crippen molar-refractivity contribution in [2.24, 2.45) is 5.92 Å². The number of amides is 2. The molecule has 0 saturated carbocycles. The van der Waals surface area contributed by atoms with Crippen molar-refractivity contribution in [1.82, 2.24) is 9.88 Å². The standard InChI is InChI=1S/C24H25N3O3/c1-2-19-8-3-4-10-22(19)27-16-20(13-23(27)28)24(29)26(17-21-9-6-12-30-21)15-18-7-5-11-25-14-18/h3-12,14,20H,2,13,15-17H2,1H3. The molecule has 154 valence electrons. The summed E-state index contributed by atoms with van der Waals surface area (Å²) in [6.45, 7) is 3.25. The van der Waals surface area contributed by atoms with Gasteiger partial charge in [-0.15, -0.1) is 0 Å². The van der Waals surface area contributed by atoms with Crippen LogP contribution >= 0.6 is 0 Å². The second kappa shape index (κ2) is 8.95. The zero-order valence-electron chi connectivity index (χ0n) is 17.0. The van der Waals surface area contributed by atoms with E-state index < -0.39 is 0 Å². The number of carbonyl (C=O) groups is 2. The number of benzene rings is 1. The molecular weight excluding hydrogens is 378 g/mol. The van der Waals surface area contributed by atoms with Crippen LogP contribution in [-0.2, 0) is 29.1 Å². The van der Waals surface area contributed by atoms with Crippen LogP contribution < -0.4 is 4.90 Å². The van der Waals surface area contributed by atoms with Gasteiger partial charge >= 0.3 is 0 Å². The number of pyridine rings is 1. The largest absolute Gasteiger partial charge is 0.467 e. The Morgan fingerprint density at radius 3 is 2.77 bits per heavy atom. The van der Waals surface area contributed by atoms with Crippen molar-refractivity contribution in [1.29, 1.82) is 0 Å². The van der Waals surface area contributed by atoms with Crippen LogP contribution in [0.15, 0.2) is 71.6 Å². The first kappa shape index (κ1) is 19.9. The molecule has 2 amide bonds. The van der Waals surface area contributed by atoms with E-state index in [-0.39, 0.29) is 24.2 Å². The molecule has 0 radical (unpaired) electrons. The molecule has 1 aromatic carbocycles. The van der Waals surface area contributed by atoms with Crippen LogP contribution in [-0.4, -0.2) is 28.2 Å². The summed E-state index contributed by atoms with van der Waals surface area (Å²) in [5.41, 5.74) is 2.96. The van der Waals surface area contributed by atoms with Crippen molar-refractivity contribution < 1.29 is 14.0 Å². The zero-order valence-corrected chi connectivity index (χ0v) is 17.0. The lowest BCUT2D eigenvalue weighted by molar-refractivity contribution is -0.137. The Balaban J connectivity index is 1.54. The van der Waals surface area contributed by atoms with Crippen molar-refractivity contribution in [3.05, 3.63) is 84.1 Å². The Labute approximate surface area is 176 Å². The van der Waals surface area contributed by atoms with Gasteiger partial charge in [0.1, 0.15) is 5.76 Å². The molecule has 30 heavy (non-hydrogen) atoms. The summed E-state index contributed by atoms with van der Waals surface area (Å²) >= 11 is 0. The van der Waals surface area contributed by atoms with E-state index in [2.05, 4.69) is 11.9 Å². The van der Waals surface area contributed by atoms with E-state index in [1.165, 1.54) is 0 Å². The highest BCUT2D eigenvalue weighted by Gasteiger charge is 2.38. The molecule has 1 fully saturated rings. The quantitative estimate of drug-likeness (QED) is 0.602. The van der Waals surface area contributed by atoms with Crippen molar-refractivity contribution >= 4 is 17.5 Å². The van der Waals surface area contributed by atoms with Crippen LogP contribution in [0.2, 0.25) is 0 Å². The molecule has 0 N–H and O–H groups in total. The van der Waals surface area contributed by atoms with Crippen molar-refractivity contribution in [3.8, 4) is 0 Å². The smallest absolute Gasteiger partial charge is 0.228 e. The molecule has 2 aromatic heterocycles. The van der Waals surface area contributed by atoms with Crippen LogP contribution in [0.1, 0.15) is 30.2 Å².